The summed E-state index contributed by atoms with van der Waals surface area (Å²) < 4.78 is 6.85. The molecule has 0 unspecified atom stereocenters. The summed E-state index contributed by atoms with van der Waals surface area (Å²) in [5, 5.41) is 3.51. The molecule has 1 atom stereocenters. The molecule has 0 aliphatic heterocycles. The Morgan fingerprint density at radius 3 is 2.26 bits per heavy atom. The van der Waals surface area contributed by atoms with Gasteiger partial charge >= 0.3 is 0 Å². The maximum absolute atomic E-state index is 13.5. The number of amides is 2. The molecule has 34 heavy (non-hydrogen) atoms. The van der Waals surface area contributed by atoms with E-state index in [1.54, 1.807) is 11.0 Å². The molecule has 1 N–H and O–H groups in total. The molecule has 0 bridgehead atoms. The molecule has 7 heteroatoms. The van der Waals surface area contributed by atoms with Crippen LogP contribution in [0.3, 0.4) is 0 Å². The van der Waals surface area contributed by atoms with Gasteiger partial charge in [-0.15, -0.1) is 0 Å². The van der Waals surface area contributed by atoms with Crippen molar-refractivity contribution in [2.45, 2.75) is 38.9 Å². The van der Waals surface area contributed by atoms with Gasteiger partial charge < -0.3 is 15.0 Å². The number of carbonyl (C=O) groups excluding carboxylic acids is 2. The lowest BCUT2D eigenvalue weighted by Crippen LogP contribution is -2.52. The summed E-state index contributed by atoms with van der Waals surface area (Å²) in [6.07, 6.45) is 0.374. The smallest absolute Gasteiger partial charge is 0.261 e. The molecule has 0 saturated carbocycles. The molecule has 0 aromatic heterocycles. The summed E-state index contributed by atoms with van der Waals surface area (Å²) in [5.74, 6) is 0.0875. The Morgan fingerprint density at radius 1 is 0.971 bits per heavy atom. The minimum atomic E-state index is -0.728. The number of hydrogen-bond donors (Lipinski definition) is 1. The molecule has 178 valence electrons. The molecular formula is C27H28ClIN2O3. The molecule has 0 aliphatic rings. The Hall–Kier alpha value is -2.58. The van der Waals surface area contributed by atoms with Gasteiger partial charge in [-0.25, -0.2) is 0 Å². The summed E-state index contributed by atoms with van der Waals surface area (Å²) in [4.78, 5) is 28.4. The van der Waals surface area contributed by atoms with Crippen LogP contribution in [0.5, 0.6) is 5.75 Å². The highest BCUT2D eigenvalue weighted by Gasteiger charge is 2.31. The predicted octanol–water partition coefficient (Wildman–Crippen LogP) is 5.49. The first kappa shape index (κ1) is 26.0. The van der Waals surface area contributed by atoms with Crippen LogP contribution in [-0.2, 0) is 22.6 Å². The number of ether oxygens (including phenoxy) is 1. The third kappa shape index (κ3) is 7.74. The van der Waals surface area contributed by atoms with Gasteiger partial charge in [0.2, 0.25) is 5.91 Å². The lowest BCUT2D eigenvalue weighted by atomic mass is 10.0. The quantitative estimate of drug-likeness (QED) is 0.318. The summed E-state index contributed by atoms with van der Waals surface area (Å²) in [6, 6.07) is 23.7. The van der Waals surface area contributed by atoms with Gasteiger partial charge in [-0.2, -0.15) is 0 Å². The van der Waals surface area contributed by atoms with E-state index in [1.165, 1.54) is 0 Å². The molecule has 2 amide bonds. The maximum atomic E-state index is 13.5. The Labute approximate surface area is 219 Å². The number of nitrogens with one attached hydrogen (secondary N) is 1. The van der Waals surface area contributed by atoms with Gasteiger partial charge in [-0.3, -0.25) is 9.59 Å². The van der Waals surface area contributed by atoms with Crippen molar-refractivity contribution >= 4 is 46.0 Å². The fraction of sp³-hybridized carbons (Fsp3) is 0.259. The van der Waals surface area contributed by atoms with Gasteiger partial charge in [0, 0.05) is 27.6 Å². The first-order valence-electron chi connectivity index (χ1n) is 11.1. The first-order valence-corrected chi connectivity index (χ1v) is 12.5. The molecule has 0 aliphatic carbocycles. The second kappa shape index (κ2) is 12.8. The summed E-state index contributed by atoms with van der Waals surface area (Å²) in [5.41, 5.74) is 1.73. The first-order chi connectivity index (χ1) is 16.3. The Morgan fingerprint density at radius 2 is 1.62 bits per heavy atom. The monoisotopic (exact) mass is 590 g/mol. The summed E-state index contributed by atoms with van der Waals surface area (Å²) in [6.45, 7) is 3.80. The van der Waals surface area contributed by atoms with Crippen molar-refractivity contribution in [1.29, 1.82) is 0 Å². The number of nitrogens with zero attached hydrogens (tertiary/aromatic N) is 1. The minimum absolute atomic E-state index is 0.0638. The van der Waals surface area contributed by atoms with Crippen LogP contribution < -0.4 is 10.1 Å². The number of carbonyl (C=O) groups is 2. The highest BCUT2D eigenvalue weighted by atomic mass is 127. The zero-order chi connectivity index (χ0) is 24.5. The zero-order valence-corrected chi connectivity index (χ0v) is 22.1. The molecule has 0 heterocycles. The molecule has 0 spiro atoms. The van der Waals surface area contributed by atoms with E-state index in [0.29, 0.717) is 17.2 Å². The molecule has 0 saturated heterocycles. The molecule has 0 radical (unpaired) electrons. The van der Waals surface area contributed by atoms with Crippen LogP contribution in [0.25, 0.3) is 0 Å². The number of halogens is 2. The molecule has 3 aromatic rings. The van der Waals surface area contributed by atoms with Crippen LogP contribution >= 0.6 is 34.2 Å². The topological polar surface area (TPSA) is 58.6 Å². The van der Waals surface area contributed by atoms with Crippen LogP contribution in [0.15, 0.2) is 78.9 Å². The molecule has 5 nitrogen and oxygen atoms in total. The average molecular weight is 591 g/mol. The summed E-state index contributed by atoms with van der Waals surface area (Å²) >= 11 is 8.63. The molecule has 3 rings (SSSR count). The van der Waals surface area contributed by atoms with Crippen LogP contribution in [0.1, 0.15) is 25.0 Å². The third-order valence-electron chi connectivity index (χ3n) is 5.18. The zero-order valence-electron chi connectivity index (χ0n) is 19.2. The Kier molecular flexibility index (Phi) is 9.77. The van der Waals surface area contributed by atoms with E-state index in [4.69, 9.17) is 16.3 Å². The van der Waals surface area contributed by atoms with Crippen LogP contribution in [-0.4, -0.2) is 35.4 Å². The number of rotatable bonds is 10. The van der Waals surface area contributed by atoms with Gasteiger partial charge in [0.05, 0.1) is 0 Å². The maximum Gasteiger partial charge on any atom is 0.261 e. The van der Waals surface area contributed by atoms with Crippen LogP contribution in [0.4, 0.5) is 0 Å². The van der Waals surface area contributed by atoms with Crippen LogP contribution in [0.2, 0.25) is 5.02 Å². The van der Waals surface area contributed by atoms with Crippen molar-refractivity contribution in [3.05, 3.63) is 98.6 Å². The van der Waals surface area contributed by atoms with Crippen LogP contribution in [0, 0.1) is 3.57 Å². The van der Waals surface area contributed by atoms with Crippen molar-refractivity contribution in [1.82, 2.24) is 10.2 Å². The molecule has 3 aromatic carbocycles. The highest BCUT2D eigenvalue weighted by molar-refractivity contribution is 14.1. The van der Waals surface area contributed by atoms with E-state index in [0.717, 1.165) is 14.7 Å². The van der Waals surface area contributed by atoms with Crippen molar-refractivity contribution in [2.75, 3.05) is 6.61 Å². The van der Waals surface area contributed by atoms with E-state index in [2.05, 4.69) is 27.9 Å². The predicted molar refractivity (Wildman–Crippen MR) is 144 cm³/mol. The van der Waals surface area contributed by atoms with Gasteiger partial charge in [0.15, 0.2) is 6.61 Å². The Balaban J connectivity index is 1.91. The van der Waals surface area contributed by atoms with Gasteiger partial charge in [0.25, 0.3) is 5.91 Å². The van der Waals surface area contributed by atoms with E-state index >= 15 is 0 Å². The summed E-state index contributed by atoms with van der Waals surface area (Å²) in [7, 11) is 0. The largest absolute Gasteiger partial charge is 0.484 e. The second-order valence-electron chi connectivity index (χ2n) is 8.22. The SMILES string of the molecule is CC(C)NC(=O)[C@H](Cc1ccccc1)N(Cc1ccccc1Cl)C(=O)COc1ccc(I)cc1. The van der Waals surface area contributed by atoms with E-state index in [1.807, 2.05) is 86.6 Å². The van der Waals surface area contributed by atoms with E-state index in [9.17, 15) is 9.59 Å². The highest BCUT2D eigenvalue weighted by Crippen LogP contribution is 2.21. The van der Waals surface area contributed by atoms with E-state index < -0.39 is 6.04 Å². The van der Waals surface area contributed by atoms with Crippen molar-refractivity contribution < 1.29 is 14.3 Å². The Bertz CT molecular complexity index is 1090. The van der Waals surface area contributed by atoms with Gasteiger partial charge in [-0.1, -0.05) is 60.1 Å². The van der Waals surface area contributed by atoms with Gasteiger partial charge in [-0.05, 0) is 77.9 Å². The minimum Gasteiger partial charge on any atom is -0.484 e. The normalized spacial score (nSPS) is 11.7. The van der Waals surface area contributed by atoms with Crippen molar-refractivity contribution in [3.8, 4) is 5.75 Å². The molecule has 0 fully saturated rings. The molecular weight excluding hydrogens is 563 g/mol. The average Bonchev–Trinajstić information content (AvgIpc) is 2.82. The van der Waals surface area contributed by atoms with Crippen molar-refractivity contribution in [3.63, 3.8) is 0 Å². The standard InChI is InChI=1S/C27H28ClIN2O3/c1-19(2)30-27(33)25(16-20-8-4-3-5-9-20)31(17-21-10-6-7-11-24(21)28)26(32)18-34-23-14-12-22(29)13-15-23/h3-15,19,25H,16-18H2,1-2H3,(H,30,33)/t25-/m0/s1. The fourth-order valence-corrected chi connectivity index (χ4v) is 4.06. The van der Waals surface area contributed by atoms with E-state index in [-0.39, 0.29) is 31.0 Å². The number of hydrogen-bond acceptors (Lipinski definition) is 3. The lowest BCUT2D eigenvalue weighted by Gasteiger charge is -2.32. The van der Waals surface area contributed by atoms with Crippen molar-refractivity contribution in [2.24, 2.45) is 0 Å². The second-order valence-corrected chi connectivity index (χ2v) is 9.88. The van der Waals surface area contributed by atoms with Gasteiger partial charge in [0.1, 0.15) is 11.8 Å². The number of benzene rings is 3. The fourth-order valence-electron chi connectivity index (χ4n) is 3.50. The third-order valence-corrected chi connectivity index (χ3v) is 6.26. The lowest BCUT2D eigenvalue weighted by molar-refractivity contribution is -0.143.